The number of hydrogen-bond donors (Lipinski definition) is 1. The van der Waals surface area contributed by atoms with Crippen LogP contribution in [0.4, 0.5) is 5.69 Å². The Kier molecular flexibility index (Phi) is 5.06. The van der Waals surface area contributed by atoms with E-state index in [1.165, 1.54) is 50.0 Å². The van der Waals surface area contributed by atoms with E-state index in [2.05, 4.69) is 48.3 Å². The van der Waals surface area contributed by atoms with E-state index in [0.717, 1.165) is 12.6 Å². The quantitative estimate of drug-likeness (QED) is 0.708. The summed E-state index contributed by atoms with van der Waals surface area (Å²) >= 11 is 0. The molecule has 0 bridgehead atoms. The van der Waals surface area contributed by atoms with Crippen molar-refractivity contribution < 1.29 is 0 Å². The minimum absolute atomic E-state index is 0.851. The van der Waals surface area contributed by atoms with E-state index in [9.17, 15) is 0 Å². The molecule has 0 unspecified atom stereocenters. The second-order valence-corrected chi connectivity index (χ2v) is 5.35. The van der Waals surface area contributed by atoms with Crippen molar-refractivity contribution >= 4 is 5.69 Å². The number of nitrogens with zero attached hydrogens (tertiary/aromatic N) is 1. The monoisotopic (exact) mass is 246 g/mol. The summed E-state index contributed by atoms with van der Waals surface area (Å²) in [6.45, 7) is 7.86. The molecule has 1 saturated carbocycles. The van der Waals surface area contributed by atoms with Crippen molar-refractivity contribution in [1.82, 2.24) is 5.32 Å². The molecule has 1 aliphatic rings. The first kappa shape index (κ1) is 13.4. The zero-order valence-corrected chi connectivity index (χ0v) is 11.8. The summed E-state index contributed by atoms with van der Waals surface area (Å²) in [5.74, 6) is 0. The molecule has 2 rings (SSSR count). The van der Waals surface area contributed by atoms with Gasteiger partial charge in [0.15, 0.2) is 0 Å². The van der Waals surface area contributed by atoms with Crippen LogP contribution >= 0.6 is 0 Å². The molecule has 1 N–H and O–H groups in total. The van der Waals surface area contributed by atoms with Crippen LogP contribution in [-0.2, 0) is 0 Å². The number of rotatable bonds is 8. The summed E-state index contributed by atoms with van der Waals surface area (Å²) in [6, 6.07) is 9.67. The minimum atomic E-state index is 0.851. The third-order valence-electron chi connectivity index (χ3n) is 3.61. The second-order valence-electron chi connectivity index (χ2n) is 5.35. The Morgan fingerprint density at radius 1 is 1.28 bits per heavy atom. The number of benzene rings is 1. The fourth-order valence-corrected chi connectivity index (χ4v) is 2.32. The van der Waals surface area contributed by atoms with Gasteiger partial charge >= 0.3 is 0 Å². The first-order chi connectivity index (χ1) is 8.79. The lowest BCUT2D eigenvalue weighted by molar-refractivity contribution is 0.612. The van der Waals surface area contributed by atoms with Crippen LogP contribution in [0.1, 0.15) is 38.2 Å². The van der Waals surface area contributed by atoms with Gasteiger partial charge in [-0.25, -0.2) is 0 Å². The maximum Gasteiger partial charge on any atom is 0.0368 e. The van der Waals surface area contributed by atoms with Gasteiger partial charge in [0, 0.05) is 24.8 Å². The molecule has 2 heteroatoms. The molecular weight excluding hydrogens is 220 g/mol. The van der Waals surface area contributed by atoms with Gasteiger partial charge in [-0.3, -0.25) is 0 Å². The van der Waals surface area contributed by atoms with Gasteiger partial charge in [-0.2, -0.15) is 0 Å². The molecule has 1 aliphatic carbocycles. The molecule has 0 amide bonds. The molecule has 0 radical (unpaired) electrons. The molecule has 0 aliphatic heterocycles. The van der Waals surface area contributed by atoms with Gasteiger partial charge in [0.25, 0.3) is 0 Å². The Bertz CT molecular complexity index is 358. The van der Waals surface area contributed by atoms with Crippen LogP contribution in [0.25, 0.3) is 0 Å². The highest BCUT2D eigenvalue weighted by Gasteiger charge is 2.19. The molecule has 100 valence electrons. The lowest BCUT2D eigenvalue weighted by Gasteiger charge is -2.23. The Labute approximate surface area is 111 Å². The summed E-state index contributed by atoms with van der Waals surface area (Å²) in [5.41, 5.74) is 2.72. The van der Waals surface area contributed by atoms with Gasteiger partial charge in [-0.1, -0.05) is 12.1 Å². The fraction of sp³-hybridized carbons (Fsp3) is 0.625. The third kappa shape index (κ3) is 4.34. The maximum atomic E-state index is 3.58. The summed E-state index contributed by atoms with van der Waals surface area (Å²) in [6.07, 6.45) is 5.36. The lowest BCUT2D eigenvalue weighted by Crippen LogP contribution is -2.25. The smallest absolute Gasteiger partial charge is 0.0368 e. The maximum absolute atomic E-state index is 3.58. The average molecular weight is 246 g/mol. The topological polar surface area (TPSA) is 15.3 Å². The van der Waals surface area contributed by atoms with Crippen LogP contribution in [0.5, 0.6) is 0 Å². The molecule has 2 nitrogen and oxygen atoms in total. The molecule has 18 heavy (non-hydrogen) atoms. The van der Waals surface area contributed by atoms with E-state index >= 15 is 0 Å². The van der Waals surface area contributed by atoms with Crippen LogP contribution in [0.3, 0.4) is 0 Å². The molecular formula is C16H26N2. The standard InChI is InChI=1S/C16H26N2/c1-3-18(16-8-6-7-14(2)13-16)12-5-4-11-17-15-9-10-15/h6-8,13,15,17H,3-5,9-12H2,1-2H3. The molecule has 1 aromatic carbocycles. The highest BCUT2D eigenvalue weighted by Crippen LogP contribution is 2.19. The largest absolute Gasteiger partial charge is 0.372 e. The predicted molar refractivity (Wildman–Crippen MR) is 79.3 cm³/mol. The Hall–Kier alpha value is -1.02. The fourth-order valence-electron chi connectivity index (χ4n) is 2.32. The van der Waals surface area contributed by atoms with Gasteiger partial charge in [-0.05, 0) is 63.8 Å². The van der Waals surface area contributed by atoms with E-state index in [0.29, 0.717) is 0 Å². The Balaban J connectivity index is 1.70. The van der Waals surface area contributed by atoms with E-state index in [1.807, 2.05) is 0 Å². The molecule has 0 spiro atoms. The van der Waals surface area contributed by atoms with Crippen molar-refractivity contribution in [1.29, 1.82) is 0 Å². The first-order valence-electron chi connectivity index (χ1n) is 7.34. The van der Waals surface area contributed by atoms with Crippen LogP contribution in [0, 0.1) is 6.92 Å². The normalized spacial score (nSPS) is 14.8. The van der Waals surface area contributed by atoms with E-state index in [-0.39, 0.29) is 0 Å². The lowest BCUT2D eigenvalue weighted by atomic mass is 10.2. The first-order valence-corrected chi connectivity index (χ1v) is 7.34. The molecule has 1 aromatic rings. The highest BCUT2D eigenvalue weighted by atomic mass is 15.1. The molecule has 1 fully saturated rings. The van der Waals surface area contributed by atoms with Gasteiger partial charge in [0.2, 0.25) is 0 Å². The second kappa shape index (κ2) is 6.79. The predicted octanol–water partition coefficient (Wildman–Crippen LogP) is 3.35. The van der Waals surface area contributed by atoms with Crippen molar-refractivity contribution in [3.8, 4) is 0 Å². The third-order valence-corrected chi connectivity index (χ3v) is 3.61. The zero-order chi connectivity index (χ0) is 12.8. The highest BCUT2D eigenvalue weighted by molar-refractivity contribution is 5.48. The van der Waals surface area contributed by atoms with Gasteiger partial charge < -0.3 is 10.2 Å². The number of nitrogens with one attached hydrogen (secondary N) is 1. The van der Waals surface area contributed by atoms with E-state index < -0.39 is 0 Å². The van der Waals surface area contributed by atoms with Crippen molar-refractivity contribution in [2.75, 3.05) is 24.5 Å². The van der Waals surface area contributed by atoms with E-state index in [1.54, 1.807) is 0 Å². The molecule has 0 aromatic heterocycles. The minimum Gasteiger partial charge on any atom is -0.372 e. The van der Waals surface area contributed by atoms with Gasteiger partial charge in [-0.15, -0.1) is 0 Å². The van der Waals surface area contributed by atoms with Crippen LogP contribution < -0.4 is 10.2 Å². The SMILES string of the molecule is CCN(CCCCNC1CC1)c1cccc(C)c1. The van der Waals surface area contributed by atoms with Crippen LogP contribution in [0.15, 0.2) is 24.3 Å². The van der Waals surface area contributed by atoms with Gasteiger partial charge in [0.1, 0.15) is 0 Å². The number of unbranched alkanes of at least 4 members (excludes halogenated alkanes) is 1. The summed E-state index contributed by atoms with van der Waals surface area (Å²) in [7, 11) is 0. The summed E-state index contributed by atoms with van der Waals surface area (Å²) < 4.78 is 0. The van der Waals surface area contributed by atoms with Crippen LogP contribution in [-0.4, -0.2) is 25.7 Å². The molecule has 0 saturated heterocycles. The number of aryl methyl sites for hydroxylation is 1. The number of anilines is 1. The van der Waals surface area contributed by atoms with Crippen molar-refractivity contribution in [3.63, 3.8) is 0 Å². The van der Waals surface area contributed by atoms with Crippen molar-refractivity contribution in [3.05, 3.63) is 29.8 Å². The summed E-state index contributed by atoms with van der Waals surface area (Å²) in [4.78, 5) is 2.48. The molecule has 0 heterocycles. The number of hydrogen-bond acceptors (Lipinski definition) is 2. The van der Waals surface area contributed by atoms with Gasteiger partial charge in [0.05, 0.1) is 0 Å². The van der Waals surface area contributed by atoms with Crippen LogP contribution in [0.2, 0.25) is 0 Å². The van der Waals surface area contributed by atoms with E-state index in [4.69, 9.17) is 0 Å². The average Bonchev–Trinajstić information content (AvgIpc) is 3.18. The molecule has 0 atom stereocenters. The Morgan fingerprint density at radius 3 is 2.78 bits per heavy atom. The zero-order valence-electron chi connectivity index (χ0n) is 11.8. The van der Waals surface area contributed by atoms with Crippen molar-refractivity contribution in [2.24, 2.45) is 0 Å². The van der Waals surface area contributed by atoms with Crippen molar-refractivity contribution in [2.45, 2.75) is 45.6 Å². The summed E-state index contributed by atoms with van der Waals surface area (Å²) in [5, 5.41) is 3.58. The Morgan fingerprint density at radius 2 is 2.11 bits per heavy atom.